The highest BCUT2D eigenvalue weighted by Crippen LogP contribution is 2.18. The number of anilines is 2. The summed E-state index contributed by atoms with van der Waals surface area (Å²) in [6, 6.07) is 6.94. The molecule has 0 saturated carbocycles. The molecule has 112 valence electrons. The number of rotatable bonds is 6. The third kappa shape index (κ3) is 4.30. The van der Waals surface area contributed by atoms with E-state index in [0.29, 0.717) is 23.5 Å². The van der Waals surface area contributed by atoms with Crippen LogP contribution in [0.4, 0.5) is 11.4 Å². The molecule has 1 aromatic carbocycles. The number of nitrogens with two attached hydrogens (primary N) is 2. The largest absolute Gasteiger partial charge is 0.404 e. The van der Waals surface area contributed by atoms with Gasteiger partial charge >= 0.3 is 0 Å². The maximum Gasteiger partial charge on any atom is 0.254 e. The monoisotopic (exact) mass is 289 g/mol. The Labute approximate surface area is 122 Å². The fourth-order valence-electron chi connectivity index (χ4n) is 1.86. The summed E-state index contributed by atoms with van der Waals surface area (Å²) in [6.07, 6.45) is 1.57. The van der Waals surface area contributed by atoms with Crippen molar-refractivity contribution in [1.82, 2.24) is 5.32 Å². The van der Waals surface area contributed by atoms with E-state index in [4.69, 9.17) is 11.5 Å². The molecule has 0 bridgehead atoms. The zero-order chi connectivity index (χ0) is 15.2. The second-order valence-corrected chi connectivity index (χ2v) is 4.70. The van der Waals surface area contributed by atoms with E-state index in [2.05, 4.69) is 16.0 Å². The molecule has 2 rings (SSSR count). The molecular weight excluding hydrogens is 270 g/mol. The van der Waals surface area contributed by atoms with Crippen LogP contribution in [-0.2, 0) is 9.59 Å². The summed E-state index contributed by atoms with van der Waals surface area (Å²) in [4.78, 5) is 23.5. The van der Waals surface area contributed by atoms with Crippen LogP contribution >= 0.6 is 0 Å². The summed E-state index contributed by atoms with van der Waals surface area (Å²) in [5.74, 6) is -0.413. The summed E-state index contributed by atoms with van der Waals surface area (Å²) in [5, 5.41) is 8.50. The van der Waals surface area contributed by atoms with Crippen molar-refractivity contribution in [2.75, 3.05) is 23.7 Å². The molecule has 7 N–H and O–H groups in total. The number of carbonyl (C=O) groups excluding carboxylic acids is 2. The van der Waals surface area contributed by atoms with Crippen molar-refractivity contribution < 1.29 is 9.59 Å². The minimum atomic E-state index is -0.252. The van der Waals surface area contributed by atoms with Gasteiger partial charge in [-0.25, -0.2) is 0 Å². The van der Waals surface area contributed by atoms with E-state index in [-0.39, 0.29) is 24.3 Å². The molecule has 1 atom stereocenters. The minimum Gasteiger partial charge on any atom is -0.404 e. The van der Waals surface area contributed by atoms with Crippen LogP contribution in [0, 0.1) is 0 Å². The lowest BCUT2D eigenvalue weighted by atomic mass is 10.2. The quantitative estimate of drug-likeness (QED) is 0.363. The first-order chi connectivity index (χ1) is 10.1. The molecule has 7 nitrogen and oxygen atoms in total. The Bertz CT molecular complexity index is 566. The van der Waals surface area contributed by atoms with Crippen LogP contribution in [0.2, 0.25) is 0 Å². The Balaban J connectivity index is 2.00. The maximum atomic E-state index is 12.1. The normalized spacial score (nSPS) is 17.2. The number of benzene rings is 1. The number of hydrogen-bond acceptors (Lipinski definition) is 5. The zero-order valence-electron chi connectivity index (χ0n) is 11.6. The summed E-state index contributed by atoms with van der Waals surface area (Å²) in [6.45, 7) is 1.05. The molecule has 1 aliphatic rings. The minimum absolute atomic E-state index is 0.0300. The van der Waals surface area contributed by atoms with E-state index in [0.717, 1.165) is 6.54 Å². The lowest BCUT2D eigenvalue weighted by Gasteiger charge is -2.09. The number of amides is 2. The average Bonchev–Trinajstić information content (AvgIpc) is 3.24. The van der Waals surface area contributed by atoms with Gasteiger partial charge in [-0.05, 0) is 18.2 Å². The highest BCUT2D eigenvalue weighted by Gasteiger charge is 2.29. The van der Waals surface area contributed by atoms with E-state index in [1.54, 1.807) is 24.3 Å². The van der Waals surface area contributed by atoms with E-state index < -0.39 is 0 Å². The van der Waals surface area contributed by atoms with Gasteiger partial charge in [0, 0.05) is 37.1 Å². The Kier molecular flexibility index (Phi) is 4.91. The molecule has 0 aliphatic carbocycles. The SMILES string of the molecule is N/C=C(/C(=O)Nc1cccc(NC(=O)CCN)c1)C1CN1. The molecule has 21 heavy (non-hydrogen) atoms. The molecule has 0 aromatic heterocycles. The third-order valence-corrected chi connectivity index (χ3v) is 3.00. The van der Waals surface area contributed by atoms with Crippen LogP contribution in [0.5, 0.6) is 0 Å². The molecule has 1 unspecified atom stereocenters. The summed E-state index contributed by atoms with van der Waals surface area (Å²) in [5.41, 5.74) is 12.5. The molecule has 0 spiro atoms. The standard InChI is InChI=1S/C14H19N5O2/c15-5-4-13(20)18-9-2-1-3-10(6-9)19-14(21)11(7-16)12-8-17-12/h1-3,6-7,12,17H,4-5,8,15-16H2,(H,18,20)(H,19,21)/b11-7+. The van der Waals surface area contributed by atoms with Gasteiger partial charge in [0.05, 0.1) is 11.6 Å². The van der Waals surface area contributed by atoms with Crippen LogP contribution in [0.15, 0.2) is 36.0 Å². The van der Waals surface area contributed by atoms with Gasteiger partial charge in [0.15, 0.2) is 0 Å². The van der Waals surface area contributed by atoms with Crippen LogP contribution in [0.3, 0.4) is 0 Å². The van der Waals surface area contributed by atoms with Crippen molar-refractivity contribution >= 4 is 23.2 Å². The first-order valence-electron chi connectivity index (χ1n) is 6.70. The Morgan fingerprint density at radius 1 is 1.33 bits per heavy atom. The van der Waals surface area contributed by atoms with Crippen molar-refractivity contribution in [3.8, 4) is 0 Å². The van der Waals surface area contributed by atoms with Gasteiger partial charge < -0.3 is 27.4 Å². The molecule has 1 aromatic rings. The molecule has 1 heterocycles. The topological polar surface area (TPSA) is 132 Å². The lowest BCUT2D eigenvalue weighted by Crippen LogP contribution is -2.20. The van der Waals surface area contributed by atoms with Crippen molar-refractivity contribution in [3.63, 3.8) is 0 Å². The van der Waals surface area contributed by atoms with Gasteiger partial charge in [0.1, 0.15) is 0 Å². The van der Waals surface area contributed by atoms with E-state index in [1.165, 1.54) is 6.20 Å². The smallest absolute Gasteiger partial charge is 0.254 e. The molecule has 1 aliphatic heterocycles. The summed E-state index contributed by atoms with van der Waals surface area (Å²) in [7, 11) is 0. The predicted molar refractivity (Wildman–Crippen MR) is 81.4 cm³/mol. The fourth-order valence-corrected chi connectivity index (χ4v) is 1.86. The highest BCUT2D eigenvalue weighted by molar-refractivity contribution is 6.05. The van der Waals surface area contributed by atoms with Crippen molar-refractivity contribution in [1.29, 1.82) is 0 Å². The molecule has 1 saturated heterocycles. The number of nitrogens with one attached hydrogen (secondary N) is 3. The second kappa shape index (κ2) is 6.87. The van der Waals surface area contributed by atoms with Crippen molar-refractivity contribution in [3.05, 3.63) is 36.0 Å². The van der Waals surface area contributed by atoms with Crippen molar-refractivity contribution in [2.45, 2.75) is 12.5 Å². The van der Waals surface area contributed by atoms with Crippen molar-refractivity contribution in [2.24, 2.45) is 11.5 Å². The number of hydrogen-bond donors (Lipinski definition) is 5. The fraction of sp³-hybridized carbons (Fsp3) is 0.286. The molecular formula is C14H19N5O2. The van der Waals surface area contributed by atoms with Gasteiger partial charge in [-0.1, -0.05) is 6.07 Å². The van der Waals surface area contributed by atoms with E-state index in [1.807, 2.05) is 0 Å². The maximum absolute atomic E-state index is 12.1. The first-order valence-corrected chi connectivity index (χ1v) is 6.70. The van der Waals surface area contributed by atoms with Crippen LogP contribution in [-0.4, -0.2) is 30.9 Å². The van der Waals surface area contributed by atoms with Crippen LogP contribution in [0.1, 0.15) is 6.42 Å². The van der Waals surface area contributed by atoms with E-state index in [9.17, 15) is 9.59 Å². The highest BCUT2D eigenvalue weighted by atomic mass is 16.2. The van der Waals surface area contributed by atoms with Gasteiger partial charge in [-0.15, -0.1) is 0 Å². The second-order valence-electron chi connectivity index (χ2n) is 4.70. The van der Waals surface area contributed by atoms with Crippen LogP contribution < -0.4 is 27.4 Å². The number of carbonyl (C=O) groups is 2. The Morgan fingerprint density at radius 2 is 2.00 bits per heavy atom. The first kappa shape index (κ1) is 15.0. The summed E-state index contributed by atoms with van der Waals surface area (Å²) >= 11 is 0. The van der Waals surface area contributed by atoms with Gasteiger partial charge in [0.2, 0.25) is 5.91 Å². The molecule has 0 radical (unpaired) electrons. The van der Waals surface area contributed by atoms with E-state index >= 15 is 0 Å². The van der Waals surface area contributed by atoms with Gasteiger partial charge in [-0.3, -0.25) is 9.59 Å². The van der Waals surface area contributed by atoms with Gasteiger partial charge in [0.25, 0.3) is 5.91 Å². The summed E-state index contributed by atoms with van der Waals surface area (Å²) < 4.78 is 0. The molecule has 2 amide bonds. The van der Waals surface area contributed by atoms with Gasteiger partial charge in [-0.2, -0.15) is 0 Å². The average molecular weight is 289 g/mol. The third-order valence-electron chi connectivity index (χ3n) is 3.00. The van der Waals surface area contributed by atoms with Crippen LogP contribution in [0.25, 0.3) is 0 Å². The zero-order valence-corrected chi connectivity index (χ0v) is 11.6. The Hall–Kier alpha value is -2.38. The predicted octanol–water partition coefficient (Wildman–Crippen LogP) is -0.273. The lowest BCUT2D eigenvalue weighted by molar-refractivity contribution is -0.116. The Morgan fingerprint density at radius 3 is 2.57 bits per heavy atom. The molecule has 1 fully saturated rings. The molecule has 7 heteroatoms.